The summed E-state index contributed by atoms with van der Waals surface area (Å²) in [6.07, 6.45) is 0.966. The number of ether oxygens (including phenoxy) is 1. The van der Waals surface area contributed by atoms with Crippen molar-refractivity contribution < 1.29 is 4.74 Å². The fourth-order valence-corrected chi connectivity index (χ4v) is 3.41. The van der Waals surface area contributed by atoms with Crippen LogP contribution >= 0.6 is 22.9 Å². The molecule has 2 unspecified atom stereocenters. The van der Waals surface area contributed by atoms with Gasteiger partial charge in [-0.2, -0.15) is 0 Å². The Morgan fingerprint density at radius 1 is 1.29 bits per heavy atom. The maximum atomic E-state index is 6.50. The van der Waals surface area contributed by atoms with Crippen LogP contribution in [0.15, 0.2) is 36.4 Å². The molecule has 1 aromatic carbocycles. The Morgan fingerprint density at radius 3 is 2.82 bits per heavy atom. The van der Waals surface area contributed by atoms with Crippen molar-refractivity contribution >= 4 is 22.9 Å². The van der Waals surface area contributed by atoms with Crippen molar-refractivity contribution in [1.29, 1.82) is 0 Å². The molecule has 2 atom stereocenters. The van der Waals surface area contributed by atoms with Gasteiger partial charge in [-0.1, -0.05) is 18.2 Å². The Kier molecular flexibility index (Phi) is 2.85. The van der Waals surface area contributed by atoms with E-state index in [1.54, 1.807) is 11.3 Å². The molecule has 2 aromatic rings. The van der Waals surface area contributed by atoms with Crippen molar-refractivity contribution in [3.63, 3.8) is 0 Å². The molecule has 0 aliphatic carbocycles. The second-order valence-corrected chi connectivity index (χ2v) is 6.11. The SMILES string of the molecule is Cc1ccc(C(Cl)C2Cc3ccccc3O2)s1. The van der Waals surface area contributed by atoms with Crippen molar-refractivity contribution in [2.75, 3.05) is 0 Å². The Bertz CT molecular complexity index is 510. The molecule has 0 amide bonds. The Hall–Kier alpha value is -0.990. The molecule has 0 radical (unpaired) electrons. The second kappa shape index (κ2) is 4.35. The third-order valence-electron chi connectivity index (χ3n) is 3.03. The molecule has 0 saturated heterocycles. The van der Waals surface area contributed by atoms with Gasteiger partial charge < -0.3 is 4.74 Å². The number of alkyl halides is 1. The van der Waals surface area contributed by atoms with Gasteiger partial charge in [-0.05, 0) is 30.7 Å². The number of aryl methyl sites for hydroxylation is 1. The van der Waals surface area contributed by atoms with Crippen LogP contribution < -0.4 is 4.74 Å². The van der Waals surface area contributed by atoms with Crippen LogP contribution in [0.3, 0.4) is 0 Å². The molecule has 1 aliphatic rings. The zero-order chi connectivity index (χ0) is 11.8. The molecular weight excluding hydrogens is 252 g/mol. The molecule has 0 fully saturated rings. The van der Waals surface area contributed by atoms with E-state index in [9.17, 15) is 0 Å². The topological polar surface area (TPSA) is 9.23 Å². The summed E-state index contributed by atoms with van der Waals surface area (Å²) >= 11 is 8.25. The number of benzene rings is 1. The summed E-state index contributed by atoms with van der Waals surface area (Å²) in [4.78, 5) is 2.49. The highest BCUT2D eigenvalue weighted by atomic mass is 35.5. The third kappa shape index (κ3) is 2.07. The molecule has 17 heavy (non-hydrogen) atoms. The van der Waals surface area contributed by atoms with Crippen LogP contribution in [0, 0.1) is 6.92 Å². The first-order valence-electron chi connectivity index (χ1n) is 5.69. The van der Waals surface area contributed by atoms with Gasteiger partial charge in [-0.25, -0.2) is 0 Å². The summed E-state index contributed by atoms with van der Waals surface area (Å²) in [6.45, 7) is 2.10. The molecular formula is C14H13ClOS. The van der Waals surface area contributed by atoms with Crippen LogP contribution in [0.2, 0.25) is 0 Å². The summed E-state index contributed by atoms with van der Waals surface area (Å²) in [7, 11) is 0. The number of fused-ring (bicyclic) bond motifs is 1. The summed E-state index contributed by atoms with van der Waals surface area (Å²) in [5.74, 6) is 0.983. The second-order valence-electron chi connectivity index (χ2n) is 4.32. The molecule has 0 spiro atoms. The summed E-state index contributed by atoms with van der Waals surface area (Å²) in [5.41, 5.74) is 1.26. The summed E-state index contributed by atoms with van der Waals surface area (Å²) in [5, 5.41) is -0.0545. The smallest absolute Gasteiger partial charge is 0.124 e. The number of rotatable bonds is 2. The van der Waals surface area contributed by atoms with E-state index in [1.807, 2.05) is 18.2 Å². The van der Waals surface area contributed by atoms with Gasteiger partial charge in [0.15, 0.2) is 0 Å². The Labute approximate surface area is 110 Å². The van der Waals surface area contributed by atoms with E-state index in [0.717, 1.165) is 12.2 Å². The highest BCUT2D eigenvalue weighted by Gasteiger charge is 2.30. The average Bonchev–Trinajstić information content (AvgIpc) is 2.93. The predicted molar refractivity (Wildman–Crippen MR) is 72.2 cm³/mol. The number of thiophene rings is 1. The third-order valence-corrected chi connectivity index (χ3v) is 4.76. The molecule has 3 rings (SSSR count). The van der Waals surface area contributed by atoms with E-state index < -0.39 is 0 Å². The maximum Gasteiger partial charge on any atom is 0.124 e. The van der Waals surface area contributed by atoms with E-state index >= 15 is 0 Å². The van der Waals surface area contributed by atoms with Crippen molar-refractivity contribution in [3.8, 4) is 5.75 Å². The molecule has 1 aromatic heterocycles. The van der Waals surface area contributed by atoms with E-state index in [2.05, 4.69) is 25.1 Å². The lowest BCUT2D eigenvalue weighted by Gasteiger charge is -2.15. The molecule has 3 heteroatoms. The first-order valence-corrected chi connectivity index (χ1v) is 6.94. The minimum atomic E-state index is -0.0545. The van der Waals surface area contributed by atoms with Crippen molar-refractivity contribution in [3.05, 3.63) is 51.7 Å². The van der Waals surface area contributed by atoms with E-state index in [1.165, 1.54) is 15.3 Å². The summed E-state index contributed by atoms with van der Waals surface area (Å²) < 4.78 is 5.91. The molecule has 0 saturated carbocycles. The van der Waals surface area contributed by atoms with Crippen LogP contribution in [0.4, 0.5) is 0 Å². The quantitative estimate of drug-likeness (QED) is 0.733. The Balaban J connectivity index is 1.80. The van der Waals surface area contributed by atoms with E-state index in [0.29, 0.717) is 0 Å². The average molecular weight is 265 g/mol. The van der Waals surface area contributed by atoms with Crippen LogP contribution in [-0.2, 0) is 6.42 Å². The zero-order valence-electron chi connectivity index (χ0n) is 9.52. The minimum Gasteiger partial charge on any atom is -0.488 e. The van der Waals surface area contributed by atoms with Crippen LogP contribution in [0.1, 0.15) is 20.7 Å². The molecule has 0 bridgehead atoms. The highest BCUT2D eigenvalue weighted by Crippen LogP contribution is 2.39. The monoisotopic (exact) mass is 264 g/mol. The molecule has 88 valence electrons. The lowest BCUT2D eigenvalue weighted by Crippen LogP contribution is -2.18. The molecule has 0 N–H and O–H groups in total. The minimum absolute atomic E-state index is 0.0545. The van der Waals surface area contributed by atoms with Crippen molar-refractivity contribution in [2.24, 2.45) is 0 Å². The number of hydrogen-bond donors (Lipinski definition) is 0. The number of hydrogen-bond acceptors (Lipinski definition) is 2. The highest BCUT2D eigenvalue weighted by molar-refractivity contribution is 7.12. The molecule has 1 nitrogen and oxygen atoms in total. The first-order chi connectivity index (χ1) is 8.24. The standard InChI is InChI=1S/C14H13ClOS/c1-9-6-7-13(17-9)14(15)12-8-10-4-2-3-5-11(10)16-12/h2-7,12,14H,8H2,1H3. The summed E-state index contributed by atoms with van der Waals surface area (Å²) in [6, 6.07) is 12.4. The molecule has 1 aliphatic heterocycles. The van der Waals surface area contributed by atoms with Crippen LogP contribution in [0.25, 0.3) is 0 Å². The van der Waals surface area contributed by atoms with Gasteiger partial charge >= 0.3 is 0 Å². The van der Waals surface area contributed by atoms with E-state index in [-0.39, 0.29) is 11.5 Å². The van der Waals surface area contributed by atoms with Gasteiger partial charge in [0.1, 0.15) is 17.2 Å². The van der Waals surface area contributed by atoms with Gasteiger partial charge in [0, 0.05) is 16.2 Å². The van der Waals surface area contributed by atoms with Gasteiger partial charge in [0.05, 0.1) is 0 Å². The van der Waals surface area contributed by atoms with Gasteiger partial charge in [-0.3, -0.25) is 0 Å². The van der Waals surface area contributed by atoms with Gasteiger partial charge in [-0.15, -0.1) is 22.9 Å². The normalized spacial score (nSPS) is 19.8. The maximum absolute atomic E-state index is 6.50. The van der Waals surface area contributed by atoms with Crippen molar-refractivity contribution in [2.45, 2.75) is 24.8 Å². The first kappa shape index (κ1) is 11.1. The number of para-hydroxylation sites is 1. The van der Waals surface area contributed by atoms with Gasteiger partial charge in [0.2, 0.25) is 0 Å². The molecule has 2 heterocycles. The Morgan fingerprint density at radius 2 is 2.12 bits per heavy atom. The van der Waals surface area contributed by atoms with E-state index in [4.69, 9.17) is 16.3 Å². The lowest BCUT2D eigenvalue weighted by molar-refractivity contribution is 0.228. The predicted octanol–water partition coefficient (Wildman–Crippen LogP) is 4.34. The fourth-order valence-electron chi connectivity index (χ4n) is 2.16. The van der Waals surface area contributed by atoms with Gasteiger partial charge in [0.25, 0.3) is 0 Å². The fraction of sp³-hybridized carbons (Fsp3) is 0.286. The van der Waals surface area contributed by atoms with Crippen LogP contribution in [-0.4, -0.2) is 6.10 Å². The largest absolute Gasteiger partial charge is 0.488 e. The zero-order valence-corrected chi connectivity index (χ0v) is 11.1. The lowest BCUT2D eigenvalue weighted by atomic mass is 10.1. The van der Waals surface area contributed by atoms with Crippen molar-refractivity contribution in [1.82, 2.24) is 0 Å². The number of halogens is 1. The van der Waals surface area contributed by atoms with Crippen LogP contribution in [0.5, 0.6) is 5.75 Å².